The molecule has 1 amide bonds. The number of hydrogen-bond donors (Lipinski definition) is 2. The fourth-order valence-corrected chi connectivity index (χ4v) is 2.20. The Labute approximate surface area is 124 Å². The molecule has 0 saturated carbocycles. The molecule has 110 valence electrons. The topological polar surface area (TPSA) is 74.8 Å². The number of carbonyl (C=O) groups is 1. The Hall–Kier alpha value is -3.02. The number of nitrogens with one attached hydrogen (secondary N) is 2. The van der Waals surface area contributed by atoms with E-state index in [1.807, 2.05) is 0 Å². The highest BCUT2D eigenvalue weighted by molar-refractivity contribution is 6.11. The molecule has 0 bridgehead atoms. The van der Waals surface area contributed by atoms with E-state index in [9.17, 15) is 14.0 Å². The van der Waals surface area contributed by atoms with Crippen molar-refractivity contribution in [2.45, 2.75) is 6.92 Å². The van der Waals surface area contributed by atoms with Crippen molar-refractivity contribution in [3.63, 3.8) is 0 Å². The molecule has 6 heteroatoms. The SMILES string of the molecule is Cc1ccc(F)cc1NC(=O)c1n[nH]c(=O)c2ccccc12. The second-order valence-electron chi connectivity index (χ2n) is 4.86. The van der Waals surface area contributed by atoms with E-state index in [4.69, 9.17) is 0 Å². The summed E-state index contributed by atoms with van der Waals surface area (Å²) in [6.07, 6.45) is 0. The summed E-state index contributed by atoms with van der Waals surface area (Å²) in [5.74, 6) is -0.957. The number of anilines is 1. The van der Waals surface area contributed by atoms with E-state index in [2.05, 4.69) is 15.5 Å². The molecular formula is C16H12FN3O2. The number of aromatic amines is 1. The summed E-state index contributed by atoms with van der Waals surface area (Å²) in [6.45, 7) is 1.76. The van der Waals surface area contributed by atoms with E-state index in [0.29, 0.717) is 16.5 Å². The Morgan fingerprint density at radius 3 is 2.68 bits per heavy atom. The van der Waals surface area contributed by atoms with Crippen LogP contribution in [-0.4, -0.2) is 16.1 Å². The maximum Gasteiger partial charge on any atom is 0.276 e. The summed E-state index contributed by atoms with van der Waals surface area (Å²) in [6, 6.07) is 10.8. The summed E-state index contributed by atoms with van der Waals surface area (Å²) >= 11 is 0. The van der Waals surface area contributed by atoms with E-state index in [0.717, 1.165) is 5.56 Å². The average Bonchev–Trinajstić information content (AvgIpc) is 2.51. The molecular weight excluding hydrogens is 285 g/mol. The van der Waals surface area contributed by atoms with Gasteiger partial charge in [0.2, 0.25) is 0 Å². The van der Waals surface area contributed by atoms with Crippen molar-refractivity contribution >= 4 is 22.4 Å². The van der Waals surface area contributed by atoms with Gasteiger partial charge in [0.1, 0.15) is 5.82 Å². The zero-order valence-corrected chi connectivity index (χ0v) is 11.7. The number of rotatable bonds is 2. The summed E-state index contributed by atoms with van der Waals surface area (Å²) in [5, 5.41) is 9.54. The van der Waals surface area contributed by atoms with Crippen LogP contribution in [0.25, 0.3) is 10.8 Å². The van der Waals surface area contributed by atoms with Crippen molar-refractivity contribution in [2.75, 3.05) is 5.32 Å². The van der Waals surface area contributed by atoms with Crippen LogP contribution >= 0.6 is 0 Å². The molecule has 0 aliphatic rings. The number of aromatic nitrogens is 2. The Bertz CT molecular complexity index is 934. The molecule has 0 unspecified atom stereocenters. The van der Waals surface area contributed by atoms with Gasteiger partial charge in [-0.3, -0.25) is 9.59 Å². The van der Waals surface area contributed by atoms with E-state index in [1.165, 1.54) is 12.1 Å². The Morgan fingerprint density at radius 2 is 1.91 bits per heavy atom. The van der Waals surface area contributed by atoms with Crippen LogP contribution < -0.4 is 10.9 Å². The van der Waals surface area contributed by atoms with Crippen LogP contribution in [0.2, 0.25) is 0 Å². The van der Waals surface area contributed by atoms with Crippen LogP contribution in [0.1, 0.15) is 16.1 Å². The molecule has 0 fully saturated rings. The van der Waals surface area contributed by atoms with Gasteiger partial charge in [0.15, 0.2) is 5.69 Å². The van der Waals surface area contributed by atoms with Gasteiger partial charge in [-0.05, 0) is 30.7 Å². The molecule has 2 N–H and O–H groups in total. The highest BCUT2D eigenvalue weighted by Crippen LogP contribution is 2.18. The third-order valence-electron chi connectivity index (χ3n) is 3.36. The maximum absolute atomic E-state index is 13.3. The predicted molar refractivity (Wildman–Crippen MR) is 81.5 cm³/mol. The second kappa shape index (κ2) is 5.40. The number of amides is 1. The number of aryl methyl sites for hydroxylation is 1. The van der Waals surface area contributed by atoms with E-state index in [1.54, 1.807) is 37.3 Å². The van der Waals surface area contributed by atoms with Gasteiger partial charge >= 0.3 is 0 Å². The zero-order chi connectivity index (χ0) is 15.7. The van der Waals surface area contributed by atoms with Crippen molar-refractivity contribution in [2.24, 2.45) is 0 Å². The van der Waals surface area contributed by atoms with Crippen molar-refractivity contribution in [3.8, 4) is 0 Å². The van der Waals surface area contributed by atoms with E-state index < -0.39 is 11.7 Å². The normalized spacial score (nSPS) is 10.6. The largest absolute Gasteiger partial charge is 0.320 e. The van der Waals surface area contributed by atoms with E-state index in [-0.39, 0.29) is 11.3 Å². The van der Waals surface area contributed by atoms with Crippen LogP contribution in [0, 0.1) is 12.7 Å². The van der Waals surface area contributed by atoms with Gasteiger partial charge in [0.05, 0.1) is 5.39 Å². The molecule has 1 aromatic heterocycles. The fraction of sp³-hybridized carbons (Fsp3) is 0.0625. The zero-order valence-electron chi connectivity index (χ0n) is 11.7. The number of halogens is 1. The Morgan fingerprint density at radius 1 is 1.18 bits per heavy atom. The molecule has 0 atom stereocenters. The lowest BCUT2D eigenvalue weighted by Gasteiger charge is -2.09. The number of benzene rings is 2. The molecule has 0 spiro atoms. The first kappa shape index (κ1) is 13.9. The summed E-state index contributed by atoms with van der Waals surface area (Å²) in [5.41, 5.74) is 0.804. The van der Waals surface area contributed by atoms with Crippen LogP contribution in [0.3, 0.4) is 0 Å². The lowest BCUT2D eigenvalue weighted by molar-refractivity contribution is 0.102. The summed E-state index contributed by atoms with van der Waals surface area (Å²) in [7, 11) is 0. The number of H-pyrrole nitrogens is 1. The van der Waals surface area contributed by atoms with Gasteiger partial charge in [-0.2, -0.15) is 5.10 Å². The highest BCUT2D eigenvalue weighted by Gasteiger charge is 2.15. The second-order valence-corrected chi connectivity index (χ2v) is 4.86. The highest BCUT2D eigenvalue weighted by atomic mass is 19.1. The first-order chi connectivity index (χ1) is 10.6. The molecule has 2 aromatic carbocycles. The molecule has 5 nitrogen and oxygen atoms in total. The van der Waals surface area contributed by atoms with Crippen molar-refractivity contribution in [3.05, 3.63) is 69.9 Å². The number of hydrogen-bond acceptors (Lipinski definition) is 3. The van der Waals surface area contributed by atoms with Gasteiger partial charge in [0.25, 0.3) is 11.5 Å². The first-order valence-corrected chi connectivity index (χ1v) is 6.61. The number of nitrogens with zero attached hydrogens (tertiary/aromatic N) is 1. The standard InChI is InChI=1S/C16H12FN3O2/c1-9-6-7-10(17)8-13(9)18-16(22)14-11-4-2-3-5-12(11)15(21)20-19-14/h2-8H,1H3,(H,18,22)(H,20,21). The third kappa shape index (κ3) is 2.46. The summed E-state index contributed by atoms with van der Waals surface area (Å²) in [4.78, 5) is 24.1. The van der Waals surface area contributed by atoms with Crippen molar-refractivity contribution < 1.29 is 9.18 Å². The number of carbonyl (C=O) groups excluding carboxylic acids is 1. The van der Waals surface area contributed by atoms with Crippen molar-refractivity contribution in [1.82, 2.24) is 10.2 Å². The van der Waals surface area contributed by atoms with Gasteiger partial charge in [-0.15, -0.1) is 0 Å². The molecule has 0 saturated heterocycles. The smallest absolute Gasteiger partial charge is 0.276 e. The minimum absolute atomic E-state index is 0.0823. The molecule has 3 rings (SSSR count). The van der Waals surface area contributed by atoms with Crippen LogP contribution in [0.5, 0.6) is 0 Å². The van der Waals surface area contributed by atoms with Crippen LogP contribution in [0.15, 0.2) is 47.3 Å². The quantitative estimate of drug-likeness (QED) is 0.763. The van der Waals surface area contributed by atoms with Crippen LogP contribution in [0.4, 0.5) is 10.1 Å². The van der Waals surface area contributed by atoms with Crippen LogP contribution in [-0.2, 0) is 0 Å². The monoisotopic (exact) mass is 297 g/mol. The minimum atomic E-state index is -0.513. The molecule has 22 heavy (non-hydrogen) atoms. The Kier molecular flexibility index (Phi) is 3.42. The number of fused-ring (bicyclic) bond motifs is 1. The van der Waals surface area contributed by atoms with Gasteiger partial charge in [-0.25, -0.2) is 9.49 Å². The Balaban J connectivity index is 2.05. The molecule has 0 radical (unpaired) electrons. The lowest BCUT2D eigenvalue weighted by atomic mass is 10.1. The fourth-order valence-electron chi connectivity index (χ4n) is 2.20. The third-order valence-corrected chi connectivity index (χ3v) is 3.36. The van der Waals surface area contributed by atoms with Crippen molar-refractivity contribution in [1.29, 1.82) is 0 Å². The van der Waals surface area contributed by atoms with E-state index >= 15 is 0 Å². The lowest BCUT2D eigenvalue weighted by Crippen LogP contribution is -2.19. The van der Waals surface area contributed by atoms with Gasteiger partial charge < -0.3 is 5.32 Å². The molecule has 3 aromatic rings. The minimum Gasteiger partial charge on any atom is -0.320 e. The maximum atomic E-state index is 13.3. The average molecular weight is 297 g/mol. The summed E-state index contributed by atoms with van der Waals surface area (Å²) < 4.78 is 13.3. The first-order valence-electron chi connectivity index (χ1n) is 6.61. The molecule has 0 aliphatic carbocycles. The van der Waals surface area contributed by atoms with Gasteiger partial charge in [0, 0.05) is 11.1 Å². The predicted octanol–water partition coefficient (Wildman–Crippen LogP) is 2.62. The van der Waals surface area contributed by atoms with Gasteiger partial charge in [-0.1, -0.05) is 24.3 Å². The molecule has 1 heterocycles. The molecule has 0 aliphatic heterocycles.